The van der Waals surface area contributed by atoms with Crippen LogP contribution in [-0.2, 0) is 14.8 Å². The molecule has 2 rings (SSSR count). The zero-order valence-electron chi connectivity index (χ0n) is 16.2. The van der Waals surface area contributed by atoms with Crippen molar-refractivity contribution in [3.05, 3.63) is 40.7 Å². The van der Waals surface area contributed by atoms with Gasteiger partial charge >= 0.3 is 0 Å². The molecule has 0 aliphatic rings. The number of amides is 1. The van der Waals surface area contributed by atoms with Gasteiger partial charge in [0.25, 0.3) is 0 Å². The van der Waals surface area contributed by atoms with Gasteiger partial charge in [-0.25, -0.2) is 8.42 Å². The van der Waals surface area contributed by atoms with Crippen LogP contribution in [0.4, 0.5) is 5.69 Å². The topological polar surface area (TPSA) is 84.3 Å². The van der Waals surface area contributed by atoms with Crippen molar-refractivity contribution < 1.29 is 13.2 Å². The van der Waals surface area contributed by atoms with E-state index in [-0.39, 0.29) is 10.8 Å². The quantitative estimate of drug-likeness (QED) is 0.755. The molecule has 0 saturated heterocycles. The molecule has 0 fully saturated rings. The summed E-state index contributed by atoms with van der Waals surface area (Å²) in [6.07, 6.45) is 0. The molecule has 7 nitrogen and oxygen atoms in total. The molecule has 0 bridgehead atoms. The van der Waals surface area contributed by atoms with Crippen LogP contribution in [0, 0.1) is 13.8 Å². The first-order chi connectivity index (χ1) is 12.6. The molecule has 0 aliphatic carbocycles. The van der Waals surface area contributed by atoms with Gasteiger partial charge < -0.3 is 5.32 Å². The SMILES string of the molecule is CCN(CC)S(=O)(=O)c1c(C)nn([C@@H](C)C(=O)Nc2ccc(Cl)cc2)c1C. The summed E-state index contributed by atoms with van der Waals surface area (Å²) in [5.41, 5.74) is 1.43. The number of hydrogen-bond acceptors (Lipinski definition) is 4. The number of carbonyl (C=O) groups excluding carboxylic acids is 1. The average molecular weight is 413 g/mol. The number of sulfonamides is 1. The molecular formula is C18H25ClN4O3S. The molecule has 0 aliphatic heterocycles. The van der Waals surface area contributed by atoms with Gasteiger partial charge in [-0.2, -0.15) is 9.40 Å². The highest BCUT2D eigenvalue weighted by atomic mass is 35.5. The molecule has 2 aromatic rings. The van der Waals surface area contributed by atoms with Crippen LogP contribution in [0.5, 0.6) is 0 Å². The van der Waals surface area contributed by atoms with Crippen molar-refractivity contribution in [3.63, 3.8) is 0 Å². The number of hydrogen-bond donors (Lipinski definition) is 1. The summed E-state index contributed by atoms with van der Waals surface area (Å²) in [5, 5.41) is 7.70. The lowest BCUT2D eigenvalue weighted by molar-refractivity contribution is -0.119. The first-order valence-electron chi connectivity index (χ1n) is 8.75. The van der Waals surface area contributed by atoms with Crippen molar-refractivity contribution in [1.82, 2.24) is 14.1 Å². The highest BCUT2D eigenvalue weighted by molar-refractivity contribution is 7.89. The second kappa shape index (κ2) is 8.41. The maximum Gasteiger partial charge on any atom is 0.248 e. The molecule has 1 atom stereocenters. The minimum absolute atomic E-state index is 0.164. The molecule has 148 valence electrons. The van der Waals surface area contributed by atoms with Crippen molar-refractivity contribution >= 4 is 33.2 Å². The predicted molar refractivity (Wildman–Crippen MR) is 107 cm³/mol. The lowest BCUT2D eigenvalue weighted by Crippen LogP contribution is -2.31. The summed E-state index contributed by atoms with van der Waals surface area (Å²) >= 11 is 5.85. The standard InChI is InChI=1S/C18H25ClN4O3S/c1-6-22(7-2)27(25,26)17-12(3)21-23(13(17)4)14(5)18(24)20-16-10-8-15(19)9-11-16/h8-11,14H,6-7H2,1-5H3,(H,20,24)/t14-/m0/s1. The minimum Gasteiger partial charge on any atom is -0.324 e. The molecule has 1 aromatic heterocycles. The van der Waals surface area contributed by atoms with E-state index in [1.54, 1.807) is 58.9 Å². The molecule has 1 aromatic carbocycles. The molecule has 0 saturated carbocycles. The minimum atomic E-state index is -3.66. The second-order valence-electron chi connectivity index (χ2n) is 6.21. The maximum absolute atomic E-state index is 12.9. The Bertz CT molecular complexity index is 919. The maximum atomic E-state index is 12.9. The van der Waals surface area contributed by atoms with Gasteiger partial charge in [0.2, 0.25) is 15.9 Å². The van der Waals surface area contributed by atoms with Gasteiger partial charge in [-0.3, -0.25) is 9.48 Å². The summed E-state index contributed by atoms with van der Waals surface area (Å²) in [6, 6.07) is 6.08. The summed E-state index contributed by atoms with van der Waals surface area (Å²) < 4.78 is 28.7. The fraction of sp³-hybridized carbons (Fsp3) is 0.444. The molecule has 0 spiro atoms. The van der Waals surface area contributed by atoms with E-state index >= 15 is 0 Å². The molecule has 27 heavy (non-hydrogen) atoms. The molecule has 1 N–H and O–H groups in total. The summed E-state index contributed by atoms with van der Waals surface area (Å²) in [6.45, 7) is 9.31. The van der Waals surface area contributed by atoms with Crippen molar-refractivity contribution in [2.24, 2.45) is 0 Å². The smallest absolute Gasteiger partial charge is 0.248 e. The van der Waals surface area contributed by atoms with Crippen molar-refractivity contribution in [2.45, 2.75) is 45.6 Å². The zero-order valence-corrected chi connectivity index (χ0v) is 17.7. The second-order valence-corrected chi connectivity index (χ2v) is 8.52. The van der Waals surface area contributed by atoms with E-state index in [1.165, 1.54) is 8.99 Å². The van der Waals surface area contributed by atoms with Crippen LogP contribution in [0.3, 0.4) is 0 Å². The molecule has 9 heteroatoms. The van der Waals surface area contributed by atoms with Gasteiger partial charge in [0.1, 0.15) is 10.9 Å². The normalized spacial score (nSPS) is 13.0. The van der Waals surface area contributed by atoms with E-state index in [4.69, 9.17) is 11.6 Å². The predicted octanol–water partition coefficient (Wildman–Crippen LogP) is 3.38. The van der Waals surface area contributed by atoms with Gasteiger partial charge in [-0.1, -0.05) is 25.4 Å². The van der Waals surface area contributed by atoms with E-state index in [0.29, 0.717) is 35.2 Å². The van der Waals surface area contributed by atoms with Gasteiger partial charge in [0, 0.05) is 23.8 Å². The van der Waals surface area contributed by atoms with Crippen molar-refractivity contribution in [2.75, 3.05) is 18.4 Å². The Kier molecular flexibility index (Phi) is 6.67. The molecule has 1 amide bonds. The third-order valence-corrected chi connectivity index (χ3v) is 6.97. The third-order valence-electron chi connectivity index (χ3n) is 4.42. The number of nitrogens with one attached hydrogen (secondary N) is 1. The molecule has 1 heterocycles. The summed E-state index contributed by atoms with van der Waals surface area (Å²) in [7, 11) is -3.66. The van der Waals surface area contributed by atoms with Crippen LogP contribution < -0.4 is 5.32 Å². The average Bonchev–Trinajstić information content (AvgIpc) is 2.92. The first-order valence-corrected chi connectivity index (χ1v) is 10.6. The van der Waals surface area contributed by atoms with Crippen LogP contribution in [-0.4, -0.2) is 41.5 Å². The van der Waals surface area contributed by atoms with E-state index in [9.17, 15) is 13.2 Å². The number of benzene rings is 1. The molecular weight excluding hydrogens is 388 g/mol. The Balaban J connectivity index is 2.34. The van der Waals surface area contributed by atoms with Crippen LogP contribution in [0.15, 0.2) is 29.2 Å². The number of aryl methyl sites for hydroxylation is 1. The number of nitrogens with zero attached hydrogens (tertiary/aromatic N) is 3. The Hall–Kier alpha value is -1.90. The van der Waals surface area contributed by atoms with Crippen LogP contribution >= 0.6 is 11.6 Å². The Labute approximate surface area is 165 Å². The fourth-order valence-corrected chi connectivity index (χ4v) is 4.93. The summed E-state index contributed by atoms with van der Waals surface area (Å²) in [5.74, 6) is -0.297. The first kappa shape index (κ1) is 21.4. The number of anilines is 1. The third kappa shape index (κ3) is 4.34. The fourth-order valence-electron chi connectivity index (χ4n) is 2.98. The number of rotatable bonds is 7. The van der Waals surface area contributed by atoms with Crippen LogP contribution in [0.2, 0.25) is 5.02 Å². The Morgan fingerprint density at radius 3 is 2.30 bits per heavy atom. The number of carbonyl (C=O) groups is 1. The van der Waals surface area contributed by atoms with Crippen molar-refractivity contribution in [1.29, 1.82) is 0 Å². The number of aromatic nitrogens is 2. The van der Waals surface area contributed by atoms with Crippen LogP contribution in [0.25, 0.3) is 0 Å². The lowest BCUT2D eigenvalue weighted by Gasteiger charge is -2.19. The van der Waals surface area contributed by atoms with Crippen LogP contribution in [0.1, 0.15) is 38.2 Å². The van der Waals surface area contributed by atoms with E-state index < -0.39 is 16.1 Å². The van der Waals surface area contributed by atoms with E-state index in [1.807, 2.05) is 0 Å². The highest BCUT2D eigenvalue weighted by Gasteiger charge is 2.31. The molecule has 0 unspecified atom stereocenters. The molecule has 0 radical (unpaired) electrons. The highest BCUT2D eigenvalue weighted by Crippen LogP contribution is 2.26. The van der Waals surface area contributed by atoms with Gasteiger partial charge in [-0.15, -0.1) is 0 Å². The van der Waals surface area contributed by atoms with E-state index in [2.05, 4.69) is 10.4 Å². The monoisotopic (exact) mass is 412 g/mol. The van der Waals surface area contributed by atoms with E-state index in [0.717, 1.165) is 0 Å². The largest absolute Gasteiger partial charge is 0.324 e. The Morgan fingerprint density at radius 1 is 1.22 bits per heavy atom. The van der Waals surface area contributed by atoms with Crippen molar-refractivity contribution in [3.8, 4) is 0 Å². The van der Waals surface area contributed by atoms with Gasteiger partial charge in [-0.05, 0) is 45.0 Å². The lowest BCUT2D eigenvalue weighted by atomic mass is 10.2. The van der Waals surface area contributed by atoms with Gasteiger partial charge in [0.15, 0.2) is 0 Å². The summed E-state index contributed by atoms with van der Waals surface area (Å²) in [4.78, 5) is 12.8. The number of halogens is 1. The van der Waals surface area contributed by atoms with Gasteiger partial charge in [0.05, 0.1) is 11.4 Å². The Morgan fingerprint density at radius 2 is 1.78 bits per heavy atom. The zero-order chi connectivity index (χ0) is 20.4.